The third kappa shape index (κ3) is 9.38. The van der Waals surface area contributed by atoms with E-state index in [9.17, 15) is 13.6 Å². The average Bonchev–Trinajstić information content (AvgIpc) is 2.57. The minimum atomic E-state index is -2.92. The molecule has 3 N–H and O–H groups in total. The van der Waals surface area contributed by atoms with Gasteiger partial charge >= 0.3 is 6.61 Å². The number of aliphatic imine (C=N–C) groups is 1. The van der Waals surface area contributed by atoms with Crippen molar-refractivity contribution in [2.24, 2.45) is 4.99 Å². The van der Waals surface area contributed by atoms with Gasteiger partial charge < -0.3 is 25.4 Å². The molecule has 1 aromatic rings. The first-order valence-corrected chi connectivity index (χ1v) is 9.18. The molecule has 0 radical (unpaired) electrons. The second kappa shape index (κ2) is 11.3. The second-order valence-electron chi connectivity index (χ2n) is 6.94. The largest absolute Gasteiger partial charge is 0.490 e. The number of hydrogen-bond acceptors (Lipinski definition) is 4. The molecule has 0 saturated carbocycles. The number of nitrogens with zero attached hydrogens (tertiary/aromatic N) is 1. The van der Waals surface area contributed by atoms with E-state index in [1.54, 1.807) is 19.1 Å². The molecule has 0 fully saturated rings. The molecule has 158 valence electrons. The predicted molar refractivity (Wildman–Crippen MR) is 105 cm³/mol. The van der Waals surface area contributed by atoms with Crippen molar-refractivity contribution in [3.8, 4) is 11.5 Å². The normalized spacial score (nSPS) is 11.9. The quantitative estimate of drug-likeness (QED) is 0.438. The monoisotopic (exact) mass is 400 g/mol. The molecule has 0 saturated heterocycles. The van der Waals surface area contributed by atoms with Crippen LogP contribution in [-0.4, -0.2) is 43.7 Å². The summed E-state index contributed by atoms with van der Waals surface area (Å²) in [6, 6.07) is 4.68. The maximum atomic E-state index is 12.5. The summed E-state index contributed by atoms with van der Waals surface area (Å²) in [5, 5.41) is 8.87. The average molecular weight is 400 g/mol. The molecule has 0 heterocycles. The topological polar surface area (TPSA) is 84.0 Å². The van der Waals surface area contributed by atoms with Crippen LogP contribution in [0.25, 0.3) is 0 Å². The van der Waals surface area contributed by atoms with Crippen LogP contribution in [0.2, 0.25) is 0 Å². The molecule has 0 bridgehead atoms. The Hall–Kier alpha value is -2.58. The van der Waals surface area contributed by atoms with Gasteiger partial charge in [-0.1, -0.05) is 6.07 Å². The number of hydrogen-bond donors (Lipinski definition) is 3. The molecule has 0 aliphatic carbocycles. The Morgan fingerprint density at radius 1 is 1.18 bits per heavy atom. The molecule has 9 heteroatoms. The minimum absolute atomic E-state index is 0.0199. The van der Waals surface area contributed by atoms with Crippen molar-refractivity contribution < 1.29 is 23.0 Å². The zero-order chi connectivity index (χ0) is 21.2. The zero-order valence-corrected chi connectivity index (χ0v) is 17.1. The van der Waals surface area contributed by atoms with Crippen LogP contribution in [-0.2, 0) is 11.3 Å². The molecule has 0 atom stereocenters. The van der Waals surface area contributed by atoms with Crippen LogP contribution in [0.5, 0.6) is 11.5 Å². The van der Waals surface area contributed by atoms with Gasteiger partial charge in [0.25, 0.3) is 0 Å². The highest BCUT2D eigenvalue weighted by atomic mass is 19.3. The van der Waals surface area contributed by atoms with Crippen molar-refractivity contribution in [3.63, 3.8) is 0 Å². The smallest absolute Gasteiger partial charge is 0.387 e. The van der Waals surface area contributed by atoms with Crippen LogP contribution >= 0.6 is 0 Å². The molecule has 0 spiro atoms. The number of guanidine groups is 1. The SMILES string of the molecule is CCNC(=NCc1ccc(OC(F)F)c(OCC)c1)NCC(=O)NC(C)(C)C. The van der Waals surface area contributed by atoms with Crippen LogP contribution in [0.3, 0.4) is 0 Å². The maximum Gasteiger partial charge on any atom is 0.387 e. The Bertz CT molecular complexity index is 661. The van der Waals surface area contributed by atoms with Crippen molar-refractivity contribution >= 4 is 11.9 Å². The van der Waals surface area contributed by atoms with Crippen LogP contribution in [0.1, 0.15) is 40.2 Å². The van der Waals surface area contributed by atoms with Crippen LogP contribution in [0.15, 0.2) is 23.2 Å². The predicted octanol–water partition coefficient (Wildman–Crippen LogP) is 2.66. The fourth-order valence-corrected chi connectivity index (χ4v) is 2.25. The number of halogens is 2. The van der Waals surface area contributed by atoms with Crippen LogP contribution in [0.4, 0.5) is 8.78 Å². The number of benzene rings is 1. The van der Waals surface area contributed by atoms with E-state index in [0.717, 1.165) is 5.56 Å². The van der Waals surface area contributed by atoms with Gasteiger partial charge in [0.1, 0.15) is 0 Å². The Morgan fingerprint density at radius 3 is 2.46 bits per heavy atom. The van der Waals surface area contributed by atoms with Gasteiger partial charge in [-0.05, 0) is 52.3 Å². The Balaban J connectivity index is 2.80. The molecule has 1 aromatic carbocycles. The highest BCUT2D eigenvalue weighted by Crippen LogP contribution is 2.30. The molecule has 1 amide bonds. The fourth-order valence-electron chi connectivity index (χ4n) is 2.25. The summed E-state index contributed by atoms with van der Waals surface area (Å²) in [5.74, 6) is 0.536. The lowest BCUT2D eigenvalue weighted by atomic mass is 10.1. The number of alkyl halides is 2. The van der Waals surface area contributed by atoms with Crippen molar-refractivity contribution in [3.05, 3.63) is 23.8 Å². The molecule has 0 unspecified atom stereocenters. The van der Waals surface area contributed by atoms with Crippen LogP contribution in [0, 0.1) is 0 Å². The van der Waals surface area contributed by atoms with Crippen molar-refractivity contribution in [1.29, 1.82) is 0 Å². The van der Waals surface area contributed by atoms with Gasteiger partial charge in [0, 0.05) is 12.1 Å². The molecule has 0 aromatic heterocycles. The fraction of sp³-hybridized carbons (Fsp3) is 0.579. The Kier molecular flexibility index (Phi) is 9.47. The molecular weight excluding hydrogens is 370 g/mol. The third-order valence-corrected chi connectivity index (χ3v) is 3.22. The van der Waals surface area contributed by atoms with Gasteiger partial charge in [0.05, 0.1) is 19.7 Å². The minimum Gasteiger partial charge on any atom is -0.490 e. The lowest BCUT2D eigenvalue weighted by Gasteiger charge is -2.21. The van der Waals surface area contributed by atoms with Crippen LogP contribution < -0.4 is 25.4 Å². The zero-order valence-electron chi connectivity index (χ0n) is 17.1. The van der Waals surface area contributed by atoms with E-state index >= 15 is 0 Å². The van der Waals surface area contributed by atoms with E-state index in [-0.39, 0.29) is 36.0 Å². The van der Waals surface area contributed by atoms with E-state index in [1.165, 1.54) is 6.07 Å². The summed E-state index contributed by atoms with van der Waals surface area (Å²) >= 11 is 0. The first kappa shape index (κ1) is 23.5. The van der Waals surface area contributed by atoms with Gasteiger partial charge in [-0.2, -0.15) is 8.78 Å². The molecular formula is C19H30F2N4O3. The third-order valence-electron chi connectivity index (χ3n) is 3.22. The Morgan fingerprint density at radius 2 is 1.89 bits per heavy atom. The first-order chi connectivity index (χ1) is 13.1. The number of amides is 1. The molecule has 28 heavy (non-hydrogen) atoms. The first-order valence-electron chi connectivity index (χ1n) is 9.18. The number of nitrogens with one attached hydrogen (secondary N) is 3. The van der Waals surface area contributed by atoms with E-state index in [4.69, 9.17) is 4.74 Å². The van der Waals surface area contributed by atoms with Crippen molar-refractivity contribution in [1.82, 2.24) is 16.0 Å². The Labute approximate surface area is 164 Å². The van der Waals surface area contributed by atoms with Gasteiger partial charge in [-0.3, -0.25) is 4.79 Å². The molecule has 0 aliphatic heterocycles. The molecule has 7 nitrogen and oxygen atoms in total. The van der Waals surface area contributed by atoms with Gasteiger partial charge in [0.15, 0.2) is 17.5 Å². The number of carbonyl (C=O) groups is 1. The number of ether oxygens (including phenoxy) is 2. The van der Waals surface area contributed by atoms with Gasteiger partial charge in [-0.25, -0.2) is 4.99 Å². The summed E-state index contributed by atoms with van der Waals surface area (Å²) in [6.45, 7) is 7.75. The van der Waals surface area contributed by atoms with Gasteiger partial charge in [-0.15, -0.1) is 0 Å². The van der Waals surface area contributed by atoms with E-state index in [2.05, 4.69) is 25.7 Å². The lowest BCUT2D eigenvalue weighted by molar-refractivity contribution is -0.121. The summed E-state index contributed by atoms with van der Waals surface area (Å²) in [7, 11) is 0. The number of carbonyl (C=O) groups excluding carboxylic acids is 1. The number of rotatable bonds is 9. The lowest BCUT2D eigenvalue weighted by Crippen LogP contribution is -2.48. The standard InChI is InChI=1S/C19H30F2N4O3/c1-6-22-18(24-12-16(26)25-19(3,4)5)23-11-13-8-9-14(28-17(20)21)15(10-13)27-7-2/h8-10,17H,6-7,11-12H2,1-5H3,(H,25,26)(H2,22,23,24). The summed E-state index contributed by atoms with van der Waals surface area (Å²) in [4.78, 5) is 16.3. The highest BCUT2D eigenvalue weighted by molar-refractivity contribution is 5.86. The van der Waals surface area contributed by atoms with Crippen molar-refractivity contribution in [2.45, 2.75) is 53.3 Å². The summed E-state index contributed by atoms with van der Waals surface area (Å²) in [6.07, 6.45) is 0. The van der Waals surface area contributed by atoms with E-state index in [1.807, 2.05) is 27.7 Å². The van der Waals surface area contributed by atoms with E-state index < -0.39 is 6.61 Å². The van der Waals surface area contributed by atoms with Gasteiger partial charge in [0.2, 0.25) is 5.91 Å². The maximum absolute atomic E-state index is 12.5. The summed E-state index contributed by atoms with van der Waals surface area (Å²) < 4.78 is 34.8. The van der Waals surface area contributed by atoms with Crippen molar-refractivity contribution in [2.75, 3.05) is 19.7 Å². The molecule has 0 aliphatic rings. The summed E-state index contributed by atoms with van der Waals surface area (Å²) in [5.41, 5.74) is 0.438. The second-order valence-corrected chi connectivity index (χ2v) is 6.94. The highest BCUT2D eigenvalue weighted by Gasteiger charge is 2.14. The molecule has 1 rings (SSSR count). The van der Waals surface area contributed by atoms with E-state index in [0.29, 0.717) is 19.1 Å².